The lowest BCUT2D eigenvalue weighted by atomic mass is 9.98. The quantitative estimate of drug-likeness (QED) is 0.663. The molecule has 0 amide bonds. The van der Waals surface area contributed by atoms with Gasteiger partial charge in [-0.3, -0.25) is 10.1 Å². The maximum Gasteiger partial charge on any atom is 0.332 e. The molecule has 0 aromatic carbocycles. The summed E-state index contributed by atoms with van der Waals surface area (Å²) in [6.45, 7) is 4.64. The van der Waals surface area contributed by atoms with Gasteiger partial charge in [0.15, 0.2) is 0 Å². The van der Waals surface area contributed by atoms with Gasteiger partial charge in [-0.25, -0.2) is 4.98 Å². The van der Waals surface area contributed by atoms with E-state index in [9.17, 15) is 10.1 Å². The number of nitro groups is 1. The van der Waals surface area contributed by atoms with Crippen molar-refractivity contribution in [1.82, 2.24) is 9.97 Å². The number of anilines is 2. The summed E-state index contributed by atoms with van der Waals surface area (Å²) in [5.41, 5.74) is 0.451. The van der Waals surface area contributed by atoms with E-state index in [2.05, 4.69) is 27.1 Å². The SMILES string of the molecule is CCCC1CCCCN1c1nc(NC)nc(C)c1[N+](=O)[O-]. The predicted octanol–water partition coefficient (Wildman–Crippen LogP) is 2.89. The normalized spacial score (nSPS) is 18.6. The van der Waals surface area contributed by atoms with Crippen LogP contribution in [0.3, 0.4) is 0 Å². The fraction of sp³-hybridized carbons (Fsp3) is 0.714. The second-order valence-corrected chi connectivity index (χ2v) is 5.44. The van der Waals surface area contributed by atoms with Crippen LogP contribution in [0, 0.1) is 17.0 Å². The van der Waals surface area contributed by atoms with E-state index in [-0.39, 0.29) is 10.6 Å². The first-order valence-electron chi connectivity index (χ1n) is 7.55. The Morgan fingerprint density at radius 2 is 2.19 bits per heavy atom. The van der Waals surface area contributed by atoms with Gasteiger partial charge in [0.05, 0.1) is 4.92 Å². The minimum Gasteiger partial charge on any atom is -0.357 e. The highest BCUT2D eigenvalue weighted by Gasteiger charge is 2.31. The van der Waals surface area contributed by atoms with E-state index in [1.165, 1.54) is 6.42 Å². The molecular formula is C14H23N5O2. The molecule has 1 saturated heterocycles. The minimum absolute atomic E-state index is 0.0389. The molecule has 21 heavy (non-hydrogen) atoms. The van der Waals surface area contributed by atoms with Crippen molar-refractivity contribution in [2.75, 3.05) is 23.8 Å². The first-order chi connectivity index (χ1) is 10.1. The van der Waals surface area contributed by atoms with E-state index in [0.29, 0.717) is 23.5 Å². The van der Waals surface area contributed by atoms with Crippen molar-refractivity contribution in [3.8, 4) is 0 Å². The van der Waals surface area contributed by atoms with Gasteiger partial charge < -0.3 is 10.2 Å². The van der Waals surface area contributed by atoms with Gasteiger partial charge in [0.1, 0.15) is 5.69 Å². The van der Waals surface area contributed by atoms with Crippen LogP contribution in [0.2, 0.25) is 0 Å². The summed E-state index contributed by atoms with van der Waals surface area (Å²) in [4.78, 5) is 21.7. The molecule has 7 nitrogen and oxygen atoms in total. The van der Waals surface area contributed by atoms with E-state index in [4.69, 9.17) is 0 Å². The van der Waals surface area contributed by atoms with Crippen LogP contribution in [0.25, 0.3) is 0 Å². The van der Waals surface area contributed by atoms with Crippen molar-refractivity contribution in [2.24, 2.45) is 0 Å². The van der Waals surface area contributed by atoms with E-state index in [1.807, 2.05) is 0 Å². The Kier molecular flexibility index (Phi) is 4.93. The van der Waals surface area contributed by atoms with Gasteiger partial charge in [-0.2, -0.15) is 4.98 Å². The highest BCUT2D eigenvalue weighted by Crippen LogP contribution is 2.34. The van der Waals surface area contributed by atoms with Crippen LogP contribution >= 0.6 is 0 Å². The first-order valence-corrected chi connectivity index (χ1v) is 7.55. The molecule has 1 unspecified atom stereocenters. The van der Waals surface area contributed by atoms with Crippen LogP contribution in [0.1, 0.15) is 44.7 Å². The standard InChI is InChI=1S/C14H23N5O2/c1-4-7-11-8-5-6-9-18(11)13-12(19(20)21)10(2)16-14(15-3)17-13/h11H,4-9H2,1-3H3,(H,15,16,17). The Morgan fingerprint density at radius 1 is 1.43 bits per heavy atom. The number of hydrogen-bond donors (Lipinski definition) is 1. The maximum absolute atomic E-state index is 11.4. The molecule has 0 spiro atoms. The first kappa shape index (κ1) is 15.5. The molecule has 0 aliphatic carbocycles. The van der Waals surface area contributed by atoms with Crippen molar-refractivity contribution in [2.45, 2.75) is 52.0 Å². The molecular weight excluding hydrogens is 270 g/mol. The molecule has 1 fully saturated rings. The van der Waals surface area contributed by atoms with Gasteiger partial charge in [0, 0.05) is 19.6 Å². The highest BCUT2D eigenvalue weighted by atomic mass is 16.6. The van der Waals surface area contributed by atoms with Crippen molar-refractivity contribution in [3.05, 3.63) is 15.8 Å². The zero-order chi connectivity index (χ0) is 15.4. The predicted molar refractivity (Wildman–Crippen MR) is 82.9 cm³/mol. The lowest BCUT2D eigenvalue weighted by molar-refractivity contribution is -0.385. The van der Waals surface area contributed by atoms with Crippen LogP contribution in [0.4, 0.5) is 17.5 Å². The van der Waals surface area contributed by atoms with Gasteiger partial charge in [0.25, 0.3) is 0 Å². The third-order valence-electron chi connectivity index (χ3n) is 3.97. The van der Waals surface area contributed by atoms with E-state index in [0.717, 1.165) is 32.2 Å². The fourth-order valence-corrected chi connectivity index (χ4v) is 2.99. The summed E-state index contributed by atoms with van der Waals surface area (Å²) in [5, 5.41) is 14.3. The summed E-state index contributed by atoms with van der Waals surface area (Å²) in [7, 11) is 1.73. The molecule has 2 heterocycles. The zero-order valence-electron chi connectivity index (χ0n) is 12.9. The number of nitrogens with one attached hydrogen (secondary N) is 1. The van der Waals surface area contributed by atoms with Crippen molar-refractivity contribution in [1.29, 1.82) is 0 Å². The molecule has 0 bridgehead atoms. The average molecular weight is 293 g/mol. The average Bonchev–Trinajstić information content (AvgIpc) is 2.46. The second-order valence-electron chi connectivity index (χ2n) is 5.44. The minimum atomic E-state index is -0.359. The molecule has 1 aromatic rings. The number of aryl methyl sites for hydroxylation is 1. The third-order valence-corrected chi connectivity index (χ3v) is 3.97. The summed E-state index contributed by atoms with van der Waals surface area (Å²) >= 11 is 0. The molecule has 0 saturated carbocycles. The molecule has 1 aromatic heterocycles. The Bertz CT molecular complexity index is 518. The summed E-state index contributed by atoms with van der Waals surface area (Å²) in [6.07, 6.45) is 5.41. The fourth-order valence-electron chi connectivity index (χ4n) is 2.99. The zero-order valence-corrected chi connectivity index (χ0v) is 12.9. The summed E-state index contributed by atoms with van der Waals surface area (Å²) in [5.74, 6) is 0.906. The van der Waals surface area contributed by atoms with E-state index >= 15 is 0 Å². The molecule has 2 rings (SSSR count). The van der Waals surface area contributed by atoms with Gasteiger partial charge >= 0.3 is 5.69 Å². The number of nitrogens with zero attached hydrogens (tertiary/aromatic N) is 4. The van der Waals surface area contributed by atoms with Gasteiger partial charge in [0.2, 0.25) is 11.8 Å². The Labute approximate surface area is 124 Å². The smallest absolute Gasteiger partial charge is 0.332 e. The topological polar surface area (TPSA) is 84.2 Å². The summed E-state index contributed by atoms with van der Waals surface area (Å²) in [6, 6.07) is 0.335. The van der Waals surface area contributed by atoms with Crippen molar-refractivity contribution >= 4 is 17.5 Å². The monoisotopic (exact) mass is 293 g/mol. The summed E-state index contributed by atoms with van der Waals surface area (Å²) < 4.78 is 0. The lowest BCUT2D eigenvalue weighted by Crippen LogP contribution is -2.40. The van der Waals surface area contributed by atoms with Crippen LogP contribution < -0.4 is 10.2 Å². The van der Waals surface area contributed by atoms with Crippen LogP contribution in [0.15, 0.2) is 0 Å². The Morgan fingerprint density at radius 3 is 2.81 bits per heavy atom. The number of rotatable bonds is 5. The van der Waals surface area contributed by atoms with Gasteiger partial charge in [-0.1, -0.05) is 13.3 Å². The Hall–Kier alpha value is -1.92. The van der Waals surface area contributed by atoms with Gasteiger partial charge in [-0.05, 0) is 32.6 Å². The number of hydrogen-bond acceptors (Lipinski definition) is 6. The van der Waals surface area contributed by atoms with Gasteiger partial charge in [-0.15, -0.1) is 0 Å². The van der Waals surface area contributed by atoms with Crippen LogP contribution in [-0.4, -0.2) is 34.5 Å². The molecule has 1 N–H and O–H groups in total. The van der Waals surface area contributed by atoms with Crippen molar-refractivity contribution < 1.29 is 4.92 Å². The molecule has 116 valence electrons. The molecule has 0 radical (unpaired) electrons. The van der Waals surface area contributed by atoms with E-state index < -0.39 is 0 Å². The molecule has 1 atom stereocenters. The highest BCUT2D eigenvalue weighted by molar-refractivity contribution is 5.63. The second kappa shape index (κ2) is 6.69. The lowest BCUT2D eigenvalue weighted by Gasteiger charge is -2.36. The third kappa shape index (κ3) is 3.22. The Balaban J connectivity index is 2.48. The number of piperidine rings is 1. The molecule has 1 aliphatic heterocycles. The van der Waals surface area contributed by atoms with Crippen molar-refractivity contribution in [3.63, 3.8) is 0 Å². The largest absolute Gasteiger partial charge is 0.357 e. The maximum atomic E-state index is 11.4. The van der Waals surface area contributed by atoms with E-state index in [1.54, 1.807) is 14.0 Å². The van der Waals surface area contributed by atoms with Crippen LogP contribution in [0.5, 0.6) is 0 Å². The number of aromatic nitrogens is 2. The van der Waals surface area contributed by atoms with Crippen LogP contribution in [-0.2, 0) is 0 Å². The molecule has 7 heteroatoms. The molecule has 1 aliphatic rings.